The molecule has 100 valence electrons. The van der Waals surface area contributed by atoms with Crippen molar-refractivity contribution >= 4 is 22.0 Å². The van der Waals surface area contributed by atoms with Gasteiger partial charge in [-0.3, -0.25) is 0 Å². The summed E-state index contributed by atoms with van der Waals surface area (Å²) in [5.41, 5.74) is 0.681. The van der Waals surface area contributed by atoms with Crippen LogP contribution in [0.3, 0.4) is 0 Å². The lowest BCUT2D eigenvalue weighted by atomic mass is 10.2. The molecule has 1 rings (SSSR count). The first kappa shape index (κ1) is 14.9. The molecule has 18 heavy (non-hydrogen) atoms. The molecular weight excluding hydrogens is 303 g/mol. The second kappa shape index (κ2) is 7.33. The van der Waals surface area contributed by atoms with Crippen molar-refractivity contribution in [1.82, 2.24) is 10.6 Å². The highest BCUT2D eigenvalue weighted by Gasteiger charge is 2.06. The molecule has 0 aliphatic heterocycles. The van der Waals surface area contributed by atoms with E-state index in [0.717, 1.165) is 0 Å². The molecular formula is C12H16BrFN2O2. The number of amides is 2. The van der Waals surface area contributed by atoms with Crippen molar-refractivity contribution in [3.05, 3.63) is 34.1 Å². The monoisotopic (exact) mass is 318 g/mol. The van der Waals surface area contributed by atoms with E-state index in [1.165, 1.54) is 6.07 Å². The molecule has 6 heteroatoms. The Morgan fingerprint density at radius 1 is 1.56 bits per heavy atom. The van der Waals surface area contributed by atoms with Crippen LogP contribution in [0.1, 0.15) is 18.9 Å². The standard InChI is InChI=1S/C12H16BrFN2O2/c1-8(4-5-17)16-12(18)15-7-9-2-3-10(13)11(14)6-9/h2-3,6,8,17H,4-5,7H2,1H3,(H2,15,16,18)/t8-/m1/s1. The van der Waals surface area contributed by atoms with E-state index in [1.807, 2.05) is 0 Å². The minimum absolute atomic E-state index is 0.0272. The number of nitrogens with one attached hydrogen (secondary N) is 2. The van der Waals surface area contributed by atoms with Crippen molar-refractivity contribution < 1.29 is 14.3 Å². The average molecular weight is 319 g/mol. The van der Waals surface area contributed by atoms with Gasteiger partial charge in [0.05, 0.1) is 4.47 Å². The molecule has 2 amide bonds. The molecule has 0 radical (unpaired) electrons. The minimum Gasteiger partial charge on any atom is -0.396 e. The molecule has 0 unspecified atom stereocenters. The van der Waals surface area contributed by atoms with Crippen molar-refractivity contribution in [2.75, 3.05) is 6.61 Å². The van der Waals surface area contributed by atoms with Gasteiger partial charge < -0.3 is 15.7 Å². The van der Waals surface area contributed by atoms with Gasteiger partial charge in [-0.1, -0.05) is 6.07 Å². The van der Waals surface area contributed by atoms with Gasteiger partial charge in [-0.25, -0.2) is 9.18 Å². The number of carbonyl (C=O) groups is 1. The van der Waals surface area contributed by atoms with E-state index in [0.29, 0.717) is 16.5 Å². The number of aliphatic hydroxyl groups excluding tert-OH is 1. The molecule has 0 saturated carbocycles. The predicted molar refractivity (Wildman–Crippen MR) is 70.6 cm³/mol. The molecule has 0 aromatic heterocycles. The molecule has 1 atom stereocenters. The molecule has 0 spiro atoms. The third-order valence-corrected chi connectivity index (χ3v) is 3.02. The summed E-state index contributed by atoms with van der Waals surface area (Å²) in [4.78, 5) is 11.4. The third kappa shape index (κ3) is 5.01. The van der Waals surface area contributed by atoms with Gasteiger partial charge in [0.1, 0.15) is 5.82 Å². The lowest BCUT2D eigenvalue weighted by Crippen LogP contribution is -2.40. The molecule has 0 fully saturated rings. The second-order valence-corrected chi connectivity index (χ2v) is 4.84. The summed E-state index contributed by atoms with van der Waals surface area (Å²) < 4.78 is 13.6. The van der Waals surface area contributed by atoms with E-state index in [-0.39, 0.29) is 31.0 Å². The first-order valence-corrected chi connectivity index (χ1v) is 6.41. The minimum atomic E-state index is -0.358. The highest BCUT2D eigenvalue weighted by Crippen LogP contribution is 2.16. The molecule has 0 bridgehead atoms. The number of carbonyl (C=O) groups excluding carboxylic acids is 1. The van der Waals surface area contributed by atoms with Crippen LogP contribution in [0.25, 0.3) is 0 Å². The van der Waals surface area contributed by atoms with Crippen molar-refractivity contribution in [1.29, 1.82) is 0 Å². The summed E-state index contributed by atoms with van der Waals surface area (Å²) >= 11 is 3.06. The number of hydrogen-bond donors (Lipinski definition) is 3. The smallest absolute Gasteiger partial charge is 0.315 e. The van der Waals surface area contributed by atoms with Crippen molar-refractivity contribution in [3.63, 3.8) is 0 Å². The summed E-state index contributed by atoms with van der Waals surface area (Å²) in [6.45, 7) is 2.08. The summed E-state index contributed by atoms with van der Waals surface area (Å²) in [6, 6.07) is 4.25. The van der Waals surface area contributed by atoms with E-state index < -0.39 is 0 Å². The third-order valence-electron chi connectivity index (χ3n) is 2.38. The summed E-state index contributed by atoms with van der Waals surface area (Å²) in [6.07, 6.45) is 0.500. The first-order chi connectivity index (χ1) is 8.52. The number of urea groups is 1. The maximum absolute atomic E-state index is 13.2. The number of benzene rings is 1. The van der Waals surface area contributed by atoms with Gasteiger partial charge in [0.25, 0.3) is 0 Å². The number of hydrogen-bond acceptors (Lipinski definition) is 2. The molecule has 0 saturated heterocycles. The zero-order valence-corrected chi connectivity index (χ0v) is 11.6. The predicted octanol–water partition coefficient (Wildman–Crippen LogP) is 2.16. The van der Waals surface area contributed by atoms with Gasteiger partial charge in [-0.05, 0) is 47.0 Å². The fourth-order valence-electron chi connectivity index (χ4n) is 1.37. The fourth-order valence-corrected chi connectivity index (χ4v) is 1.62. The fraction of sp³-hybridized carbons (Fsp3) is 0.417. The lowest BCUT2D eigenvalue weighted by Gasteiger charge is -2.13. The number of aliphatic hydroxyl groups is 1. The van der Waals surface area contributed by atoms with Gasteiger partial charge in [0, 0.05) is 19.2 Å². The molecule has 3 N–H and O–H groups in total. The number of rotatable bonds is 5. The van der Waals surface area contributed by atoms with Crippen molar-refractivity contribution in [2.45, 2.75) is 25.9 Å². The molecule has 4 nitrogen and oxygen atoms in total. The molecule has 0 heterocycles. The van der Waals surface area contributed by atoms with E-state index in [4.69, 9.17) is 5.11 Å². The largest absolute Gasteiger partial charge is 0.396 e. The van der Waals surface area contributed by atoms with Crippen LogP contribution in [0, 0.1) is 5.82 Å². The van der Waals surface area contributed by atoms with Crippen LogP contribution in [0.15, 0.2) is 22.7 Å². The van der Waals surface area contributed by atoms with Crippen LogP contribution >= 0.6 is 15.9 Å². The van der Waals surface area contributed by atoms with E-state index in [1.54, 1.807) is 19.1 Å². The highest BCUT2D eigenvalue weighted by molar-refractivity contribution is 9.10. The Morgan fingerprint density at radius 3 is 2.89 bits per heavy atom. The van der Waals surface area contributed by atoms with Gasteiger partial charge in [-0.2, -0.15) is 0 Å². The van der Waals surface area contributed by atoms with Crippen LogP contribution in [-0.4, -0.2) is 23.8 Å². The maximum Gasteiger partial charge on any atom is 0.315 e. The Labute approximate surface area is 114 Å². The second-order valence-electron chi connectivity index (χ2n) is 3.99. The Kier molecular flexibility index (Phi) is 6.07. The van der Waals surface area contributed by atoms with E-state index in [9.17, 15) is 9.18 Å². The van der Waals surface area contributed by atoms with Crippen molar-refractivity contribution in [2.24, 2.45) is 0 Å². The Balaban J connectivity index is 2.40. The summed E-state index contributed by atoms with van der Waals surface area (Å²) in [5.74, 6) is -0.358. The normalized spacial score (nSPS) is 12.0. The van der Waals surface area contributed by atoms with Crippen LogP contribution in [0.5, 0.6) is 0 Å². The van der Waals surface area contributed by atoms with Crippen LogP contribution in [0.2, 0.25) is 0 Å². The van der Waals surface area contributed by atoms with Gasteiger partial charge >= 0.3 is 6.03 Å². The quantitative estimate of drug-likeness (QED) is 0.779. The maximum atomic E-state index is 13.2. The van der Waals surface area contributed by atoms with Crippen LogP contribution < -0.4 is 10.6 Å². The molecule has 0 aliphatic carbocycles. The topological polar surface area (TPSA) is 61.4 Å². The summed E-state index contributed by atoms with van der Waals surface area (Å²) in [5, 5.41) is 14.0. The van der Waals surface area contributed by atoms with Gasteiger partial charge in [0.15, 0.2) is 0 Å². The van der Waals surface area contributed by atoms with Gasteiger partial charge in [0.2, 0.25) is 0 Å². The van der Waals surface area contributed by atoms with Gasteiger partial charge in [-0.15, -0.1) is 0 Å². The molecule has 1 aromatic carbocycles. The lowest BCUT2D eigenvalue weighted by molar-refractivity contribution is 0.230. The van der Waals surface area contributed by atoms with Crippen LogP contribution in [0.4, 0.5) is 9.18 Å². The summed E-state index contributed by atoms with van der Waals surface area (Å²) in [7, 11) is 0. The number of halogens is 2. The molecule has 1 aromatic rings. The first-order valence-electron chi connectivity index (χ1n) is 5.62. The van der Waals surface area contributed by atoms with Crippen LogP contribution in [-0.2, 0) is 6.54 Å². The van der Waals surface area contributed by atoms with E-state index in [2.05, 4.69) is 26.6 Å². The highest BCUT2D eigenvalue weighted by atomic mass is 79.9. The zero-order valence-electron chi connectivity index (χ0n) is 10.0. The van der Waals surface area contributed by atoms with E-state index >= 15 is 0 Å². The Hall–Kier alpha value is -1.14. The Morgan fingerprint density at radius 2 is 2.28 bits per heavy atom. The molecule has 0 aliphatic rings. The SMILES string of the molecule is C[C@H](CCO)NC(=O)NCc1ccc(Br)c(F)c1. The zero-order chi connectivity index (χ0) is 13.5. The average Bonchev–Trinajstić information content (AvgIpc) is 2.31. The Bertz CT molecular complexity index is 415. The van der Waals surface area contributed by atoms with Crippen molar-refractivity contribution in [3.8, 4) is 0 Å².